The number of nitrogens with one attached hydrogen (secondary N) is 2. The molecule has 8 heteroatoms. The summed E-state index contributed by atoms with van der Waals surface area (Å²) in [5, 5.41) is 8.24. The number of nitrogens with zero attached hydrogens (tertiary/aromatic N) is 1. The summed E-state index contributed by atoms with van der Waals surface area (Å²) < 4.78 is 50.9. The molecular formula is C12H9F4N3O. The molecule has 106 valence electrons. The maximum atomic E-state index is 13.4. The van der Waals surface area contributed by atoms with Crippen LogP contribution in [0.5, 0.6) is 0 Å². The normalized spacial score (nSPS) is 11.4. The van der Waals surface area contributed by atoms with Gasteiger partial charge in [0.1, 0.15) is 5.82 Å². The molecule has 1 heterocycles. The van der Waals surface area contributed by atoms with Crippen molar-refractivity contribution in [2.24, 2.45) is 0 Å². The number of carbonyl (C=O) groups is 1. The number of benzene rings is 1. The number of rotatable bonds is 3. The zero-order valence-electron chi connectivity index (χ0n) is 9.96. The van der Waals surface area contributed by atoms with Crippen molar-refractivity contribution in [2.45, 2.75) is 12.6 Å². The quantitative estimate of drug-likeness (QED) is 0.853. The van der Waals surface area contributed by atoms with Crippen LogP contribution in [0.3, 0.4) is 0 Å². The molecule has 1 amide bonds. The van der Waals surface area contributed by atoms with Gasteiger partial charge in [-0.05, 0) is 24.3 Å². The van der Waals surface area contributed by atoms with Gasteiger partial charge in [-0.2, -0.15) is 18.3 Å². The highest BCUT2D eigenvalue weighted by Gasteiger charge is 2.31. The number of carbonyl (C=O) groups excluding carboxylic acids is 1. The maximum Gasteiger partial charge on any atom is 0.416 e. The van der Waals surface area contributed by atoms with Crippen molar-refractivity contribution in [3.8, 4) is 0 Å². The van der Waals surface area contributed by atoms with Crippen LogP contribution in [0.4, 0.5) is 23.2 Å². The number of aromatic amines is 1. The first-order valence-electron chi connectivity index (χ1n) is 5.51. The monoisotopic (exact) mass is 287 g/mol. The van der Waals surface area contributed by atoms with Crippen LogP contribution in [0.1, 0.15) is 11.3 Å². The molecule has 0 atom stereocenters. The Morgan fingerprint density at radius 1 is 1.30 bits per heavy atom. The fourth-order valence-electron chi connectivity index (χ4n) is 1.55. The predicted molar refractivity (Wildman–Crippen MR) is 62.3 cm³/mol. The lowest BCUT2D eigenvalue weighted by molar-refractivity contribution is -0.137. The van der Waals surface area contributed by atoms with E-state index in [-0.39, 0.29) is 6.42 Å². The molecule has 0 bridgehead atoms. The molecule has 0 saturated carbocycles. The molecule has 0 aliphatic carbocycles. The van der Waals surface area contributed by atoms with Gasteiger partial charge in [0.25, 0.3) is 0 Å². The Balaban J connectivity index is 2.14. The van der Waals surface area contributed by atoms with Crippen LogP contribution in [0.15, 0.2) is 30.5 Å². The molecule has 0 saturated heterocycles. The second-order valence-electron chi connectivity index (χ2n) is 4.00. The standard InChI is InChI=1S/C12H9F4N3O/c13-9-2-1-7(12(14,15)16)5-10(9)18-11(20)6-8-3-4-17-19-8/h1-5H,6H2,(H,17,19)(H,18,20). The van der Waals surface area contributed by atoms with E-state index in [1.54, 1.807) is 0 Å². The average molecular weight is 287 g/mol. The minimum absolute atomic E-state index is 0.143. The molecule has 0 unspecified atom stereocenters. The van der Waals surface area contributed by atoms with E-state index in [1.807, 2.05) is 0 Å². The number of aromatic nitrogens is 2. The summed E-state index contributed by atoms with van der Waals surface area (Å²) in [6, 6.07) is 3.36. The number of alkyl halides is 3. The van der Waals surface area contributed by atoms with E-state index in [2.05, 4.69) is 15.5 Å². The number of hydrogen-bond donors (Lipinski definition) is 2. The van der Waals surface area contributed by atoms with Crippen molar-refractivity contribution < 1.29 is 22.4 Å². The van der Waals surface area contributed by atoms with Gasteiger partial charge < -0.3 is 5.32 Å². The Morgan fingerprint density at radius 2 is 2.05 bits per heavy atom. The molecule has 2 N–H and O–H groups in total. The van der Waals surface area contributed by atoms with Gasteiger partial charge in [0.05, 0.1) is 17.7 Å². The van der Waals surface area contributed by atoms with Crippen molar-refractivity contribution >= 4 is 11.6 Å². The molecule has 1 aromatic carbocycles. The molecule has 1 aromatic heterocycles. The fourth-order valence-corrected chi connectivity index (χ4v) is 1.55. The van der Waals surface area contributed by atoms with Gasteiger partial charge in [-0.15, -0.1) is 0 Å². The number of H-pyrrole nitrogens is 1. The number of halogens is 4. The highest BCUT2D eigenvalue weighted by atomic mass is 19.4. The van der Waals surface area contributed by atoms with Gasteiger partial charge in [0, 0.05) is 11.9 Å². The molecule has 0 radical (unpaired) electrons. The van der Waals surface area contributed by atoms with Crippen LogP contribution in [0.2, 0.25) is 0 Å². The highest BCUT2D eigenvalue weighted by Crippen LogP contribution is 2.31. The summed E-state index contributed by atoms with van der Waals surface area (Å²) >= 11 is 0. The average Bonchev–Trinajstić information content (AvgIpc) is 2.83. The Labute approximate surface area is 110 Å². The summed E-state index contributed by atoms with van der Waals surface area (Å²) in [5.74, 6) is -1.58. The molecule has 0 fully saturated rings. The Morgan fingerprint density at radius 3 is 2.65 bits per heavy atom. The van der Waals surface area contributed by atoms with Crippen molar-refractivity contribution in [3.63, 3.8) is 0 Å². The van der Waals surface area contributed by atoms with Gasteiger partial charge in [-0.3, -0.25) is 9.89 Å². The van der Waals surface area contributed by atoms with Gasteiger partial charge in [-0.25, -0.2) is 4.39 Å². The fraction of sp³-hybridized carbons (Fsp3) is 0.167. The van der Waals surface area contributed by atoms with Crippen LogP contribution < -0.4 is 5.32 Å². The third-order valence-corrected chi connectivity index (χ3v) is 2.48. The van der Waals surface area contributed by atoms with E-state index in [1.165, 1.54) is 12.3 Å². The molecule has 2 aromatic rings. The minimum Gasteiger partial charge on any atom is -0.323 e. The van der Waals surface area contributed by atoms with E-state index >= 15 is 0 Å². The molecule has 0 aliphatic heterocycles. The first-order chi connectivity index (χ1) is 9.36. The summed E-state index contributed by atoms with van der Waals surface area (Å²) in [7, 11) is 0. The Hall–Kier alpha value is -2.38. The van der Waals surface area contributed by atoms with Gasteiger partial charge >= 0.3 is 6.18 Å². The minimum atomic E-state index is -4.60. The topological polar surface area (TPSA) is 57.8 Å². The summed E-state index contributed by atoms with van der Waals surface area (Å²) in [6.45, 7) is 0. The second-order valence-corrected chi connectivity index (χ2v) is 4.00. The lowest BCUT2D eigenvalue weighted by Gasteiger charge is -2.10. The van der Waals surface area contributed by atoms with Crippen molar-refractivity contribution in [1.29, 1.82) is 0 Å². The molecule has 0 spiro atoms. The summed E-state index contributed by atoms with van der Waals surface area (Å²) in [6.07, 6.45) is -3.32. The third-order valence-electron chi connectivity index (χ3n) is 2.48. The largest absolute Gasteiger partial charge is 0.416 e. The first kappa shape index (κ1) is 14.0. The van der Waals surface area contributed by atoms with Gasteiger partial charge in [0.15, 0.2) is 0 Å². The van der Waals surface area contributed by atoms with Crippen LogP contribution >= 0.6 is 0 Å². The summed E-state index contributed by atoms with van der Waals surface area (Å²) in [5.41, 5.74) is -1.07. The Kier molecular flexibility index (Phi) is 3.73. The van der Waals surface area contributed by atoms with E-state index < -0.39 is 29.2 Å². The van der Waals surface area contributed by atoms with Crippen LogP contribution in [0, 0.1) is 5.82 Å². The molecule has 4 nitrogen and oxygen atoms in total. The van der Waals surface area contributed by atoms with Crippen molar-refractivity contribution in [2.75, 3.05) is 5.32 Å². The lowest BCUT2D eigenvalue weighted by atomic mass is 10.2. The molecular weight excluding hydrogens is 278 g/mol. The summed E-state index contributed by atoms with van der Waals surface area (Å²) in [4.78, 5) is 11.6. The third kappa shape index (κ3) is 3.34. The van der Waals surface area contributed by atoms with Crippen LogP contribution in [-0.2, 0) is 17.4 Å². The van der Waals surface area contributed by atoms with Gasteiger partial charge in [0.2, 0.25) is 5.91 Å². The van der Waals surface area contributed by atoms with E-state index in [4.69, 9.17) is 0 Å². The van der Waals surface area contributed by atoms with E-state index in [9.17, 15) is 22.4 Å². The Bertz CT molecular complexity index is 608. The van der Waals surface area contributed by atoms with Gasteiger partial charge in [-0.1, -0.05) is 0 Å². The van der Waals surface area contributed by atoms with Crippen LogP contribution in [-0.4, -0.2) is 16.1 Å². The zero-order valence-corrected chi connectivity index (χ0v) is 9.96. The molecule has 0 aliphatic rings. The number of amides is 1. The maximum absolute atomic E-state index is 13.4. The van der Waals surface area contributed by atoms with Crippen LogP contribution in [0.25, 0.3) is 0 Å². The zero-order chi connectivity index (χ0) is 14.8. The number of hydrogen-bond acceptors (Lipinski definition) is 2. The van der Waals surface area contributed by atoms with Crippen molar-refractivity contribution in [3.05, 3.63) is 47.5 Å². The smallest absolute Gasteiger partial charge is 0.323 e. The SMILES string of the molecule is O=C(Cc1ccn[nH]1)Nc1cc(C(F)(F)F)ccc1F. The molecule has 20 heavy (non-hydrogen) atoms. The predicted octanol–water partition coefficient (Wildman–Crippen LogP) is 2.75. The lowest BCUT2D eigenvalue weighted by Crippen LogP contribution is -2.16. The first-order valence-corrected chi connectivity index (χ1v) is 5.51. The number of anilines is 1. The highest BCUT2D eigenvalue weighted by molar-refractivity contribution is 5.92. The second kappa shape index (κ2) is 5.32. The van der Waals surface area contributed by atoms with E-state index in [0.29, 0.717) is 23.9 Å². The van der Waals surface area contributed by atoms with E-state index in [0.717, 1.165) is 0 Å². The van der Waals surface area contributed by atoms with Crippen molar-refractivity contribution in [1.82, 2.24) is 10.2 Å². The molecule has 2 rings (SSSR count).